The minimum Gasteiger partial charge on any atom is -0.390 e. The molecule has 1 aliphatic rings. The molecule has 1 aliphatic heterocycles. The summed E-state index contributed by atoms with van der Waals surface area (Å²) in [6.45, 7) is 9.65. The molecule has 0 bridgehead atoms. The van der Waals surface area contributed by atoms with E-state index >= 15 is 0 Å². The van der Waals surface area contributed by atoms with Gasteiger partial charge in [-0.3, -0.25) is 0 Å². The van der Waals surface area contributed by atoms with E-state index in [4.69, 9.17) is 4.74 Å². The molecule has 12 heavy (non-hydrogen) atoms. The van der Waals surface area contributed by atoms with Crippen molar-refractivity contribution in [1.29, 1.82) is 0 Å². The summed E-state index contributed by atoms with van der Waals surface area (Å²) < 4.78 is 5.11. The number of aliphatic hydroxyl groups excluding tert-OH is 1. The first-order chi connectivity index (χ1) is 5.72. The Morgan fingerprint density at radius 3 is 2.25 bits per heavy atom. The molecule has 0 amide bonds. The molecule has 2 unspecified atom stereocenters. The van der Waals surface area contributed by atoms with E-state index in [1.807, 2.05) is 13.8 Å². The highest BCUT2D eigenvalue weighted by atomic mass is 16.5. The maximum Gasteiger partial charge on any atom is 0.0805 e. The third-order valence-electron chi connectivity index (χ3n) is 2.23. The van der Waals surface area contributed by atoms with Crippen LogP contribution in [0, 0.1) is 11.8 Å². The lowest BCUT2D eigenvalue weighted by atomic mass is 9.87. The summed E-state index contributed by atoms with van der Waals surface area (Å²) in [7, 11) is 0. The maximum absolute atomic E-state index is 9.41. The van der Waals surface area contributed by atoms with Crippen LogP contribution >= 0.6 is 0 Å². The van der Waals surface area contributed by atoms with Crippen LogP contribution in [0.25, 0.3) is 0 Å². The van der Waals surface area contributed by atoms with Gasteiger partial charge in [-0.25, -0.2) is 0 Å². The van der Waals surface area contributed by atoms with Crippen LogP contribution in [0.1, 0.15) is 34.1 Å². The van der Waals surface area contributed by atoms with E-state index in [9.17, 15) is 5.11 Å². The van der Waals surface area contributed by atoms with Crippen molar-refractivity contribution in [3.05, 3.63) is 0 Å². The molecule has 0 aliphatic carbocycles. The van der Waals surface area contributed by atoms with Crippen LogP contribution in [0.4, 0.5) is 0 Å². The topological polar surface area (TPSA) is 29.5 Å². The molecule has 1 heterocycles. The standard InChI is InChI=1S/C8H16O2.C2H6/c1-6(2)7-3-4-10-5-8(7)9;1-2/h6-9H,3-5H2,1-2H3;1-2H3. The molecular weight excluding hydrogens is 152 g/mol. The Labute approximate surface area is 75.9 Å². The van der Waals surface area contributed by atoms with Gasteiger partial charge in [0, 0.05) is 6.61 Å². The summed E-state index contributed by atoms with van der Waals surface area (Å²) in [5.41, 5.74) is 0. The zero-order valence-corrected chi connectivity index (χ0v) is 8.71. The predicted octanol–water partition coefficient (Wildman–Crippen LogP) is 2.07. The number of aliphatic hydroxyl groups is 1. The lowest BCUT2D eigenvalue weighted by Crippen LogP contribution is -2.35. The van der Waals surface area contributed by atoms with Crippen LogP contribution in [0.15, 0.2) is 0 Å². The molecule has 0 aromatic heterocycles. The molecule has 2 atom stereocenters. The van der Waals surface area contributed by atoms with E-state index in [1.54, 1.807) is 0 Å². The molecule has 74 valence electrons. The third kappa shape index (κ3) is 3.55. The normalized spacial score (nSPS) is 29.5. The minimum atomic E-state index is -0.228. The Bertz CT molecular complexity index is 102. The number of hydrogen-bond acceptors (Lipinski definition) is 2. The highest BCUT2D eigenvalue weighted by Crippen LogP contribution is 2.23. The van der Waals surface area contributed by atoms with Gasteiger partial charge in [0.2, 0.25) is 0 Å². The van der Waals surface area contributed by atoms with E-state index in [0.717, 1.165) is 13.0 Å². The Morgan fingerprint density at radius 1 is 1.33 bits per heavy atom. The van der Waals surface area contributed by atoms with Crippen LogP contribution < -0.4 is 0 Å². The third-order valence-corrected chi connectivity index (χ3v) is 2.23. The molecule has 0 spiro atoms. The van der Waals surface area contributed by atoms with Crippen molar-refractivity contribution in [3.63, 3.8) is 0 Å². The fourth-order valence-electron chi connectivity index (χ4n) is 1.52. The first kappa shape index (κ1) is 11.9. The molecule has 1 N–H and O–H groups in total. The molecule has 0 aromatic rings. The van der Waals surface area contributed by atoms with Gasteiger partial charge in [0.25, 0.3) is 0 Å². The van der Waals surface area contributed by atoms with Crippen molar-refractivity contribution >= 4 is 0 Å². The van der Waals surface area contributed by atoms with Gasteiger partial charge in [-0.05, 0) is 18.3 Å². The summed E-state index contributed by atoms with van der Waals surface area (Å²) in [4.78, 5) is 0. The van der Waals surface area contributed by atoms with Gasteiger partial charge in [0.1, 0.15) is 0 Å². The average molecular weight is 174 g/mol. The van der Waals surface area contributed by atoms with Gasteiger partial charge in [-0.2, -0.15) is 0 Å². The fourth-order valence-corrected chi connectivity index (χ4v) is 1.52. The Hall–Kier alpha value is -0.0800. The quantitative estimate of drug-likeness (QED) is 0.659. The summed E-state index contributed by atoms with van der Waals surface area (Å²) in [6.07, 6.45) is 0.785. The van der Waals surface area contributed by atoms with Crippen molar-refractivity contribution in [2.75, 3.05) is 13.2 Å². The Morgan fingerprint density at radius 2 is 1.92 bits per heavy atom. The summed E-state index contributed by atoms with van der Waals surface area (Å²) >= 11 is 0. The highest BCUT2D eigenvalue weighted by Gasteiger charge is 2.25. The lowest BCUT2D eigenvalue weighted by Gasteiger charge is -2.30. The maximum atomic E-state index is 9.41. The van der Waals surface area contributed by atoms with E-state index < -0.39 is 0 Å². The predicted molar refractivity (Wildman–Crippen MR) is 51.1 cm³/mol. The van der Waals surface area contributed by atoms with Crippen LogP contribution in [-0.2, 0) is 4.74 Å². The van der Waals surface area contributed by atoms with Gasteiger partial charge < -0.3 is 9.84 Å². The average Bonchev–Trinajstić information content (AvgIpc) is 2.08. The van der Waals surface area contributed by atoms with Crippen molar-refractivity contribution in [2.24, 2.45) is 11.8 Å². The minimum absolute atomic E-state index is 0.228. The molecule has 0 aromatic carbocycles. The van der Waals surface area contributed by atoms with Crippen molar-refractivity contribution < 1.29 is 9.84 Å². The van der Waals surface area contributed by atoms with Gasteiger partial charge in [-0.15, -0.1) is 0 Å². The first-order valence-corrected chi connectivity index (χ1v) is 4.97. The molecular formula is C10H22O2. The van der Waals surface area contributed by atoms with Crippen molar-refractivity contribution in [1.82, 2.24) is 0 Å². The molecule has 1 fully saturated rings. The van der Waals surface area contributed by atoms with Crippen LogP contribution in [0.3, 0.4) is 0 Å². The SMILES string of the molecule is CC.CC(C)C1CCOCC1O. The number of hydrogen-bond donors (Lipinski definition) is 1. The number of ether oxygens (including phenoxy) is 1. The van der Waals surface area contributed by atoms with Crippen molar-refractivity contribution in [2.45, 2.75) is 40.2 Å². The smallest absolute Gasteiger partial charge is 0.0805 e. The largest absolute Gasteiger partial charge is 0.390 e. The van der Waals surface area contributed by atoms with E-state index in [-0.39, 0.29) is 6.10 Å². The highest BCUT2D eigenvalue weighted by molar-refractivity contribution is 4.74. The monoisotopic (exact) mass is 174 g/mol. The zero-order valence-electron chi connectivity index (χ0n) is 8.71. The Kier molecular flexibility index (Phi) is 6.39. The molecule has 1 saturated heterocycles. The summed E-state index contributed by atoms with van der Waals surface area (Å²) in [6, 6.07) is 0. The fraction of sp³-hybridized carbons (Fsp3) is 1.00. The summed E-state index contributed by atoms with van der Waals surface area (Å²) in [5, 5.41) is 9.41. The molecule has 2 nitrogen and oxygen atoms in total. The molecule has 2 heteroatoms. The van der Waals surface area contributed by atoms with E-state index in [0.29, 0.717) is 18.4 Å². The van der Waals surface area contributed by atoms with Gasteiger partial charge in [-0.1, -0.05) is 27.7 Å². The molecule has 1 rings (SSSR count). The Balaban J connectivity index is 0.000000561. The van der Waals surface area contributed by atoms with Crippen molar-refractivity contribution in [3.8, 4) is 0 Å². The van der Waals surface area contributed by atoms with E-state index in [2.05, 4.69) is 13.8 Å². The van der Waals surface area contributed by atoms with Gasteiger partial charge >= 0.3 is 0 Å². The first-order valence-electron chi connectivity index (χ1n) is 4.97. The van der Waals surface area contributed by atoms with Crippen LogP contribution in [0.2, 0.25) is 0 Å². The van der Waals surface area contributed by atoms with Crippen LogP contribution in [0.5, 0.6) is 0 Å². The van der Waals surface area contributed by atoms with Gasteiger partial charge in [0.15, 0.2) is 0 Å². The zero-order chi connectivity index (χ0) is 9.56. The second kappa shape index (κ2) is 6.44. The number of rotatable bonds is 1. The van der Waals surface area contributed by atoms with Gasteiger partial charge in [0.05, 0.1) is 12.7 Å². The second-order valence-corrected chi connectivity index (χ2v) is 3.34. The summed E-state index contributed by atoms with van der Waals surface area (Å²) in [5.74, 6) is 1.03. The second-order valence-electron chi connectivity index (χ2n) is 3.34. The van der Waals surface area contributed by atoms with Crippen LogP contribution in [-0.4, -0.2) is 24.4 Å². The molecule has 0 radical (unpaired) electrons. The lowest BCUT2D eigenvalue weighted by molar-refractivity contribution is -0.0572. The van der Waals surface area contributed by atoms with E-state index in [1.165, 1.54) is 0 Å². The molecule has 0 saturated carbocycles.